The summed E-state index contributed by atoms with van der Waals surface area (Å²) in [5.41, 5.74) is 1.84. The molecular formula is C14H24N2O2S. The summed E-state index contributed by atoms with van der Waals surface area (Å²) in [5, 5.41) is 3.19. The van der Waals surface area contributed by atoms with E-state index in [1.807, 2.05) is 38.1 Å². The highest BCUT2D eigenvalue weighted by Crippen LogP contribution is 2.17. The van der Waals surface area contributed by atoms with Gasteiger partial charge in [-0.25, -0.2) is 8.42 Å². The van der Waals surface area contributed by atoms with E-state index in [9.17, 15) is 8.42 Å². The molecule has 108 valence electrons. The van der Waals surface area contributed by atoms with Gasteiger partial charge in [0.25, 0.3) is 0 Å². The highest BCUT2D eigenvalue weighted by molar-refractivity contribution is 7.92. The standard InChI is InChI=1S/C14H24N2O2S/c1-4-15-11-5-6-12-19(17,18)16(3)14-9-7-13(2)8-10-14/h7-10,15H,4-6,11-12H2,1-3H3. The number of nitrogens with zero attached hydrogens (tertiary/aromatic N) is 1. The molecule has 19 heavy (non-hydrogen) atoms. The Morgan fingerprint density at radius 3 is 2.37 bits per heavy atom. The zero-order chi connectivity index (χ0) is 14.3. The number of unbranched alkanes of at least 4 members (excludes halogenated alkanes) is 1. The van der Waals surface area contributed by atoms with Crippen LogP contribution in [-0.4, -0.2) is 34.3 Å². The van der Waals surface area contributed by atoms with Crippen LogP contribution in [0.4, 0.5) is 5.69 Å². The molecule has 5 heteroatoms. The molecule has 0 saturated carbocycles. The van der Waals surface area contributed by atoms with Crippen LogP contribution < -0.4 is 9.62 Å². The van der Waals surface area contributed by atoms with Crippen molar-refractivity contribution in [3.8, 4) is 0 Å². The number of benzene rings is 1. The topological polar surface area (TPSA) is 49.4 Å². The van der Waals surface area contributed by atoms with Gasteiger partial charge in [0, 0.05) is 7.05 Å². The summed E-state index contributed by atoms with van der Waals surface area (Å²) in [6.45, 7) is 5.83. The highest BCUT2D eigenvalue weighted by atomic mass is 32.2. The molecular weight excluding hydrogens is 260 g/mol. The van der Waals surface area contributed by atoms with Crippen molar-refractivity contribution in [3.63, 3.8) is 0 Å². The monoisotopic (exact) mass is 284 g/mol. The van der Waals surface area contributed by atoms with Gasteiger partial charge in [-0.2, -0.15) is 0 Å². The summed E-state index contributed by atoms with van der Waals surface area (Å²) in [6, 6.07) is 7.52. The Labute approximate surface area is 116 Å². The van der Waals surface area contributed by atoms with Crippen LogP contribution in [0.1, 0.15) is 25.3 Å². The normalized spacial score (nSPS) is 11.5. The van der Waals surface area contributed by atoms with E-state index in [2.05, 4.69) is 5.32 Å². The minimum Gasteiger partial charge on any atom is -0.317 e. The molecule has 1 rings (SSSR count). The van der Waals surface area contributed by atoms with Gasteiger partial charge in [-0.3, -0.25) is 4.31 Å². The molecule has 0 radical (unpaired) electrons. The van der Waals surface area contributed by atoms with E-state index in [0.717, 1.165) is 30.8 Å². The smallest absolute Gasteiger partial charge is 0.234 e. The van der Waals surface area contributed by atoms with Gasteiger partial charge in [0.1, 0.15) is 0 Å². The molecule has 0 fully saturated rings. The molecule has 0 aliphatic heterocycles. The van der Waals surface area contributed by atoms with E-state index in [1.165, 1.54) is 4.31 Å². The van der Waals surface area contributed by atoms with Gasteiger partial charge in [0.15, 0.2) is 0 Å². The molecule has 1 aromatic rings. The van der Waals surface area contributed by atoms with Gasteiger partial charge in [-0.05, 0) is 45.0 Å². The predicted octanol–water partition coefficient (Wildman–Crippen LogP) is 2.15. The minimum absolute atomic E-state index is 0.197. The van der Waals surface area contributed by atoms with Gasteiger partial charge in [-0.15, -0.1) is 0 Å². The maximum atomic E-state index is 12.2. The summed E-state index contributed by atoms with van der Waals surface area (Å²) < 4.78 is 25.7. The van der Waals surface area contributed by atoms with Crippen molar-refractivity contribution in [1.29, 1.82) is 0 Å². The van der Waals surface area contributed by atoms with Crippen LogP contribution in [0.3, 0.4) is 0 Å². The van der Waals surface area contributed by atoms with Gasteiger partial charge < -0.3 is 5.32 Å². The fourth-order valence-electron chi connectivity index (χ4n) is 1.76. The van der Waals surface area contributed by atoms with Crippen LogP contribution >= 0.6 is 0 Å². The molecule has 0 amide bonds. The number of rotatable bonds is 8. The Bertz CT molecular complexity index is 469. The molecule has 0 aromatic heterocycles. The van der Waals surface area contributed by atoms with Gasteiger partial charge >= 0.3 is 0 Å². The first kappa shape index (κ1) is 16.0. The molecule has 0 unspecified atom stereocenters. The third-order valence-electron chi connectivity index (χ3n) is 3.07. The zero-order valence-electron chi connectivity index (χ0n) is 12.0. The second-order valence-electron chi connectivity index (χ2n) is 4.68. The van der Waals surface area contributed by atoms with Crippen molar-refractivity contribution >= 4 is 15.7 Å². The van der Waals surface area contributed by atoms with Crippen LogP contribution in [0, 0.1) is 6.92 Å². The lowest BCUT2D eigenvalue weighted by molar-refractivity contribution is 0.586. The third-order valence-corrected chi connectivity index (χ3v) is 4.92. The number of hydrogen-bond acceptors (Lipinski definition) is 3. The second kappa shape index (κ2) is 7.50. The lowest BCUT2D eigenvalue weighted by atomic mass is 10.2. The van der Waals surface area contributed by atoms with Crippen molar-refractivity contribution in [2.24, 2.45) is 0 Å². The summed E-state index contributed by atoms with van der Waals surface area (Å²) in [4.78, 5) is 0. The Morgan fingerprint density at radius 2 is 1.79 bits per heavy atom. The van der Waals surface area contributed by atoms with E-state index in [1.54, 1.807) is 7.05 Å². The Morgan fingerprint density at radius 1 is 1.16 bits per heavy atom. The van der Waals surface area contributed by atoms with Crippen LogP contribution in [0.5, 0.6) is 0 Å². The Hall–Kier alpha value is -1.07. The molecule has 0 aliphatic carbocycles. The highest BCUT2D eigenvalue weighted by Gasteiger charge is 2.17. The van der Waals surface area contributed by atoms with Crippen LogP contribution in [0.15, 0.2) is 24.3 Å². The third kappa shape index (κ3) is 5.20. The quantitative estimate of drug-likeness (QED) is 0.744. The average molecular weight is 284 g/mol. The molecule has 1 aromatic carbocycles. The van der Waals surface area contributed by atoms with E-state index in [0.29, 0.717) is 6.42 Å². The predicted molar refractivity (Wildman–Crippen MR) is 81.1 cm³/mol. The first-order chi connectivity index (χ1) is 8.97. The lowest BCUT2D eigenvalue weighted by Crippen LogP contribution is -2.29. The van der Waals surface area contributed by atoms with Crippen LogP contribution in [-0.2, 0) is 10.0 Å². The van der Waals surface area contributed by atoms with Crippen molar-refractivity contribution in [2.45, 2.75) is 26.7 Å². The number of hydrogen-bond donors (Lipinski definition) is 1. The summed E-state index contributed by atoms with van der Waals surface area (Å²) in [7, 11) is -1.59. The number of anilines is 1. The average Bonchev–Trinajstić information content (AvgIpc) is 2.38. The molecule has 4 nitrogen and oxygen atoms in total. The maximum Gasteiger partial charge on any atom is 0.234 e. The number of aryl methyl sites for hydroxylation is 1. The van der Waals surface area contributed by atoms with Crippen molar-refractivity contribution < 1.29 is 8.42 Å². The van der Waals surface area contributed by atoms with Crippen molar-refractivity contribution in [2.75, 3.05) is 30.2 Å². The molecule has 0 aliphatic rings. The van der Waals surface area contributed by atoms with Crippen molar-refractivity contribution in [3.05, 3.63) is 29.8 Å². The first-order valence-corrected chi connectivity index (χ1v) is 8.32. The molecule has 1 N–H and O–H groups in total. The molecule has 0 atom stereocenters. The van der Waals surface area contributed by atoms with Gasteiger partial charge in [-0.1, -0.05) is 24.6 Å². The minimum atomic E-state index is -3.21. The van der Waals surface area contributed by atoms with E-state index in [4.69, 9.17) is 0 Å². The summed E-state index contributed by atoms with van der Waals surface area (Å²) in [5.74, 6) is 0.197. The summed E-state index contributed by atoms with van der Waals surface area (Å²) >= 11 is 0. The zero-order valence-corrected chi connectivity index (χ0v) is 12.8. The van der Waals surface area contributed by atoms with Gasteiger partial charge in [0.05, 0.1) is 11.4 Å². The largest absolute Gasteiger partial charge is 0.317 e. The Kier molecular flexibility index (Phi) is 6.31. The van der Waals surface area contributed by atoms with Crippen molar-refractivity contribution in [1.82, 2.24) is 5.32 Å². The van der Waals surface area contributed by atoms with E-state index in [-0.39, 0.29) is 5.75 Å². The Balaban J connectivity index is 2.54. The van der Waals surface area contributed by atoms with Gasteiger partial charge in [0.2, 0.25) is 10.0 Å². The second-order valence-corrected chi connectivity index (χ2v) is 6.80. The molecule has 0 heterocycles. The van der Waals surface area contributed by atoms with E-state index >= 15 is 0 Å². The summed E-state index contributed by atoms with van der Waals surface area (Å²) in [6.07, 6.45) is 1.57. The number of sulfonamides is 1. The fourth-order valence-corrected chi connectivity index (χ4v) is 3.05. The first-order valence-electron chi connectivity index (χ1n) is 6.71. The molecule has 0 spiro atoms. The SMILES string of the molecule is CCNCCCCS(=O)(=O)N(C)c1ccc(C)cc1. The van der Waals surface area contributed by atoms with E-state index < -0.39 is 10.0 Å². The van der Waals surface area contributed by atoms with Crippen LogP contribution in [0.25, 0.3) is 0 Å². The molecule has 0 saturated heterocycles. The fraction of sp³-hybridized carbons (Fsp3) is 0.571. The lowest BCUT2D eigenvalue weighted by Gasteiger charge is -2.19. The van der Waals surface area contributed by atoms with Crippen LogP contribution in [0.2, 0.25) is 0 Å². The maximum absolute atomic E-state index is 12.2. The number of nitrogens with one attached hydrogen (secondary N) is 1. The molecule has 0 bridgehead atoms.